The lowest BCUT2D eigenvalue weighted by molar-refractivity contribution is -0.231. The summed E-state index contributed by atoms with van der Waals surface area (Å²) in [6, 6.07) is 20.9. The number of anilines is 1. The fourth-order valence-corrected chi connectivity index (χ4v) is 10.5. The number of para-hydroxylation sites is 1. The van der Waals surface area contributed by atoms with Gasteiger partial charge in [0.15, 0.2) is 6.29 Å². The van der Waals surface area contributed by atoms with E-state index in [0.717, 1.165) is 47.5 Å². The number of morpholine rings is 1. The highest BCUT2D eigenvalue weighted by Crippen LogP contribution is 2.61. The first-order valence-electron chi connectivity index (χ1n) is 22.6. The van der Waals surface area contributed by atoms with Crippen LogP contribution in [-0.2, 0) is 27.3 Å². The molecule has 2 bridgehead atoms. The molecular weight excluding hydrogens is 785 g/mol. The van der Waals surface area contributed by atoms with Gasteiger partial charge in [-0.2, -0.15) is 5.06 Å². The number of hydroxylamine groups is 2. The molecule has 3 saturated carbocycles. The monoisotopic (exact) mass is 855 g/mol. The number of aliphatic hydroxyl groups is 2. The van der Waals surface area contributed by atoms with Crippen molar-refractivity contribution in [1.29, 1.82) is 0 Å². The number of carbonyl (C=O) groups excluding carboxylic acids is 2. The molecule has 2 aliphatic heterocycles. The van der Waals surface area contributed by atoms with Gasteiger partial charge in [0.2, 0.25) is 5.91 Å². The van der Waals surface area contributed by atoms with E-state index in [1.807, 2.05) is 81.6 Å². The van der Waals surface area contributed by atoms with Crippen LogP contribution < -0.4 is 20.3 Å². The van der Waals surface area contributed by atoms with Crippen LogP contribution in [0.5, 0.6) is 5.75 Å². The van der Waals surface area contributed by atoms with Gasteiger partial charge in [0.05, 0.1) is 31.8 Å². The lowest BCUT2D eigenvalue weighted by atomic mass is 9.45. The summed E-state index contributed by atoms with van der Waals surface area (Å²) < 4.78 is 12.4. The number of benzene rings is 3. The lowest BCUT2D eigenvalue weighted by Crippen LogP contribution is -2.62. The van der Waals surface area contributed by atoms with Crippen LogP contribution in [0.2, 0.25) is 0 Å². The van der Waals surface area contributed by atoms with Gasteiger partial charge in [-0.15, -0.1) is 0 Å². The van der Waals surface area contributed by atoms with Crippen LogP contribution in [0, 0.1) is 29.1 Å². The fraction of sp³-hybridized carbons (Fsp3) is 0.592. The molecule has 3 aromatic carbocycles. The van der Waals surface area contributed by atoms with Crippen molar-refractivity contribution in [3.63, 3.8) is 0 Å². The molecule has 0 spiro atoms. The summed E-state index contributed by atoms with van der Waals surface area (Å²) in [7, 11) is 7.93. The van der Waals surface area contributed by atoms with Crippen LogP contribution >= 0.6 is 0 Å². The number of hydrogen-bond acceptors (Lipinski definition) is 11. The highest BCUT2D eigenvalue weighted by molar-refractivity contribution is 5.97. The minimum absolute atomic E-state index is 0.00259. The van der Waals surface area contributed by atoms with E-state index in [9.17, 15) is 19.8 Å². The fourth-order valence-electron chi connectivity index (χ4n) is 10.5. The number of nitrogens with zero attached hydrogens (tertiary/aromatic N) is 4. The Morgan fingerprint density at radius 3 is 2.40 bits per heavy atom. The Labute approximate surface area is 368 Å². The van der Waals surface area contributed by atoms with E-state index in [1.165, 1.54) is 11.5 Å². The Bertz CT molecular complexity index is 1990. The second-order valence-electron chi connectivity index (χ2n) is 19.3. The van der Waals surface area contributed by atoms with E-state index >= 15 is 0 Å². The van der Waals surface area contributed by atoms with Crippen LogP contribution in [0.1, 0.15) is 62.0 Å². The molecule has 13 nitrogen and oxygen atoms in total. The van der Waals surface area contributed by atoms with Crippen molar-refractivity contribution in [3.8, 4) is 16.9 Å². The first-order chi connectivity index (χ1) is 29.6. The maximum Gasteiger partial charge on any atom is 0.251 e. The second kappa shape index (κ2) is 19.8. The summed E-state index contributed by atoms with van der Waals surface area (Å²) in [5.41, 5.74) is 5.10. The highest BCUT2D eigenvalue weighted by atomic mass is 16.8. The van der Waals surface area contributed by atoms with Gasteiger partial charge in [0.1, 0.15) is 18.4 Å². The van der Waals surface area contributed by atoms with Gasteiger partial charge >= 0.3 is 0 Å². The van der Waals surface area contributed by atoms with Crippen molar-refractivity contribution in [3.05, 3.63) is 83.4 Å². The summed E-state index contributed by atoms with van der Waals surface area (Å²) in [5.74, 6) is 0.683. The molecule has 9 atom stereocenters. The summed E-state index contributed by atoms with van der Waals surface area (Å²) >= 11 is 0. The minimum atomic E-state index is -1.38. The number of carbonyl (C=O) groups is 2. The Balaban J connectivity index is 1.20. The standard InChI is InChI=1S/C49H70N6O7/c1-31-41-27-37(49(41,3)4)28-42(31)51-47(58)44-43(32(2)56)48(59)62-55(44)29-34-15-12-16-40(45(34)61-22-19-54-17-20-60-21-18-54)35-24-36(26-39(25-35)53(7)8)46(57)50-38(30-52(5)6)23-33-13-10-9-11-14-33/h9-16,24-26,31-32,37-38,41-44,48,56,59H,17-23,27-30H2,1-8H3,(H,50,57)(H,51,58)/t31-,32-,37+,38?,41-,42-,43-,44-,48?/m0/s1. The van der Waals surface area contributed by atoms with Crippen molar-refractivity contribution in [2.24, 2.45) is 29.1 Å². The summed E-state index contributed by atoms with van der Waals surface area (Å²) in [6.45, 7) is 13.3. The number of likely N-dealkylation sites (N-methyl/N-ethyl adjacent to an activating group) is 1. The Morgan fingerprint density at radius 1 is 1.00 bits per heavy atom. The highest BCUT2D eigenvalue weighted by Gasteiger charge is 2.57. The van der Waals surface area contributed by atoms with Gasteiger partial charge in [-0.3, -0.25) is 19.3 Å². The first kappa shape index (κ1) is 45.9. The summed E-state index contributed by atoms with van der Waals surface area (Å²) in [4.78, 5) is 41.1. The van der Waals surface area contributed by atoms with Crippen LogP contribution in [0.4, 0.5) is 5.69 Å². The number of aliphatic hydroxyl groups excluding tert-OH is 2. The van der Waals surface area contributed by atoms with Gasteiger partial charge in [0, 0.05) is 74.7 Å². The third-order valence-corrected chi connectivity index (χ3v) is 14.2. The largest absolute Gasteiger partial charge is 0.491 e. The van der Waals surface area contributed by atoms with E-state index < -0.39 is 24.4 Å². The zero-order valence-corrected chi connectivity index (χ0v) is 38.0. The van der Waals surface area contributed by atoms with Crippen molar-refractivity contribution < 1.29 is 34.1 Å². The molecule has 5 aliphatic rings. The molecule has 8 rings (SSSR count). The van der Waals surface area contributed by atoms with E-state index in [1.54, 1.807) is 6.92 Å². The molecule has 2 unspecified atom stereocenters. The molecule has 3 aromatic rings. The van der Waals surface area contributed by atoms with Gasteiger partial charge in [-0.25, -0.2) is 0 Å². The van der Waals surface area contributed by atoms with Crippen molar-refractivity contribution in [2.75, 3.05) is 79.1 Å². The SMILES string of the molecule is C[C@@H]1[C@@H](NC(=O)[C@@H]2[C@H]([C@H](C)O)C(O)ON2Cc2cccc(-c3cc(C(=O)NC(Cc4ccccc4)CN(C)C)cc(N(C)C)c3)c2OCCN2CCOCC2)C[C@H]2C[C@@H]1C2(C)C. The Morgan fingerprint density at radius 2 is 1.74 bits per heavy atom. The molecule has 0 radical (unpaired) electrons. The van der Waals surface area contributed by atoms with Gasteiger partial charge in [-0.1, -0.05) is 69.3 Å². The zero-order chi connectivity index (χ0) is 44.3. The number of ether oxygens (including phenoxy) is 2. The van der Waals surface area contributed by atoms with E-state index in [4.69, 9.17) is 14.3 Å². The average Bonchev–Trinajstić information content (AvgIpc) is 3.57. The predicted octanol–water partition coefficient (Wildman–Crippen LogP) is 4.65. The number of hydrogen-bond donors (Lipinski definition) is 4. The van der Waals surface area contributed by atoms with E-state index in [-0.39, 0.29) is 35.9 Å². The lowest BCUT2D eigenvalue weighted by Gasteiger charge is -2.62. The normalized spacial score (nSPS) is 27.0. The van der Waals surface area contributed by atoms with Crippen molar-refractivity contribution in [2.45, 2.75) is 84.0 Å². The molecule has 4 N–H and O–H groups in total. The molecule has 2 amide bonds. The number of amides is 2. The quantitative estimate of drug-likeness (QED) is 0.151. The summed E-state index contributed by atoms with van der Waals surface area (Å²) in [5, 5.41) is 30.4. The first-order valence-corrected chi connectivity index (χ1v) is 22.6. The second-order valence-corrected chi connectivity index (χ2v) is 19.3. The van der Waals surface area contributed by atoms with Gasteiger partial charge < -0.3 is 40.1 Å². The zero-order valence-electron chi connectivity index (χ0n) is 38.0. The van der Waals surface area contributed by atoms with Crippen molar-refractivity contribution in [1.82, 2.24) is 25.5 Å². The summed E-state index contributed by atoms with van der Waals surface area (Å²) in [6.07, 6.45) is 0.389. The maximum absolute atomic E-state index is 14.4. The molecule has 62 heavy (non-hydrogen) atoms. The molecule has 2 saturated heterocycles. The van der Waals surface area contributed by atoms with Crippen LogP contribution in [0.3, 0.4) is 0 Å². The molecule has 3 aliphatic carbocycles. The molecule has 0 aromatic heterocycles. The number of fused-ring (bicyclic) bond motifs is 2. The average molecular weight is 855 g/mol. The molecule has 13 heteroatoms. The van der Waals surface area contributed by atoms with Crippen molar-refractivity contribution >= 4 is 17.5 Å². The van der Waals surface area contributed by atoms with Gasteiger partial charge in [0.25, 0.3) is 5.91 Å². The molecule has 2 heterocycles. The minimum Gasteiger partial charge on any atom is -0.491 e. The van der Waals surface area contributed by atoms with Crippen LogP contribution in [-0.4, -0.2) is 142 Å². The van der Waals surface area contributed by atoms with Crippen LogP contribution in [0.25, 0.3) is 11.1 Å². The van der Waals surface area contributed by atoms with Crippen LogP contribution in [0.15, 0.2) is 66.7 Å². The van der Waals surface area contributed by atoms with Gasteiger partial charge in [-0.05, 0) is 92.8 Å². The molecule has 338 valence electrons. The predicted molar refractivity (Wildman–Crippen MR) is 242 cm³/mol. The maximum atomic E-state index is 14.4. The topological polar surface area (TPSA) is 139 Å². The molecule has 5 fully saturated rings. The smallest absolute Gasteiger partial charge is 0.251 e. The number of nitrogens with one attached hydrogen (secondary N) is 2. The van der Waals surface area contributed by atoms with E-state index in [0.29, 0.717) is 68.4 Å². The number of rotatable bonds is 17. The molecular formula is C49H70N6O7. The Hall–Kier alpha value is -4.08. The Kier molecular flexibility index (Phi) is 14.6. The van der Waals surface area contributed by atoms with E-state index in [2.05, 4.69) is 59.4 Å². The third-order valence-electron chi connectivity index (χ3n) is 14.2. The third kappa shape index (κ3) is 10.3.